The number of hydrogen-bond donors (Lipinski definition) is 1. The molecule has 3 aromatic carbocycles. The fourth-order valence-electron chi connectivity index (χ4n) is 3.52. The van der Waals surface area contributed by atoms with Gasteiger partial charge in [0.2, 0.25) is 0 Å². The van der Waals surface area contributed by atoms with Crippen molar-refractivity contribution in [1.82, 2.24) is 0 Å². The predicted molar refractivity (Wildman–Crippen MR) is 127 cm³/mol. The molecule has 0 bridgehead atoms. The lowest BCUT2D eigenvalue weighted by atomic mass is 10.1. The van der Waals surface area contributed by atoms with Crippen molar-refractivity contribution in [3.8, 4) is 17.2 Å². The van der Waals surface area contributed by atoms with Crippen LogP contribution in [0.5, 0.6) is 17.2 Å². The third kappa shape index (κ3) is 5.44. The van der Waals surface area contributed by atoms with Gasteiger partial charge in [0, 0.05) is 17.8 Å². The average Bonchev–Trinajstić information content (AvgIpc) is 2.84. The number of amides is 2. The molecular formula is C26H26N2O5. The first-order valence-electron chi connectivity index (χ1n) is 10.8. The van der Waals surface area contributed by atoms with E-state index in [1.807, 2.05) is 31.2 Å². The molecule has 3 aromatic rings. The number of anilines is 2. The molecule has 7 nitrogen and oxygen atoms in total. The van der Waals surface area contributed by atoms with Crippen molar-refractivity contribution in [3.05, 3.63) is 77.9 Å². The number of rotatable bonds is 8. The van der Waals surface area contributed by atoms with Gasteiger partial charge in [0.05, 0.1) is 19.4 Å². The molecule has 0 radical (unpaired) electrons. The molecule has 7 heteroatoms. The Morgan fingerprint density at radius 1 is 1.03 bits per heavy atom. The lowest BCUT2D eigenvalue weighted by Gasteiger charge is -2.30. The Labute approximate surface area is 192 Å². The maximum Gasteiger partial charge on any atom is 0.265 e. The van der Waals surface area contributed by atoms with Gasteiger partial charge in [-0.2, -0.15) is 0 Å². The largest absolute Gasteiger partial charge is 0.497 e. The van der Waals surface area contributed by atoms with Crippen LogP contribution in [0.1, 0.15) is 22.3 Å². The van der Waals surface area contributed by atoms with Crippen LogP contribution in [0, 0.1) is 6.92 Å². The Morgan fingerprint density at radius 2 is 1.76 bits per heavy atom. The van der Waals surface area contributed by atoms with Gasteiger partial charge in [-0.3, -0.25) is 9.59 Å². The molecule has 1 heterocycles. The Hall–Kier alpha value is -4.00. The number of aryl methyl sites for hydroxylation is 1. The zero-order valence-electron chi connectivity index (χ0n) is 18.7. The number of nitrogens with zero attached hydrogens (tertiary/aromatic N) is 1. The summed E-state index contributed by atoms with van der Waals surface area (Å²) in [6.07, 6.45) is 0.654. The number of carbonyl (C=O) groups is 2. The van der Waals surface area contributed by atoms with Gasteiger partial charge in [-0.1, -0.05) is 17.7 Å². The van der Waals surface area contributed by atoms with E-state index in [0.29, 0.717) is 48.0 Å². The van der Waals surface area contributed by atoms with Gasteiger partial charge in [0.25, 0.3) is 11.8 Å². The molecule has 0 saturated heterocycles. The summed E-state index contributed by atoms with van der Waals surface area (Å²) in [5.74, 6) is 1.71. The molecule has 0 fully saturated rings. The molecule has 4 rings (SSSR count). The maximum atomic E-state index is 12.6. The van der Waals surface area contributed by atoms with Crippen molar-refractivity contribution in [2.75, 3.05) is 37.1 Å². The van der Waals surface area contributed by atoms with Crippen LogP contribution in [0.25, 0.3) is 0 Å². The van der Waals surface area contributed by atoms with Crippen LogP contribution in [0.2, 0.25) is 0 Å². The van der Waals surface area contributed by atoms with Crippen molar-refractivity contribution in [2.45, 2.75) is 13.3 Å². The molecule has 1 aliphatic rings. The van der Waals surface area contributed by atoms with E-state index in [2.05, 4.69) is 5.32 Å². The quantitative estimate of drug-likeness (QED) is 0.518. The van der Waals surface area contributed by atoms with Gasteiger partial charge in [-0.25, -0.2) is 0 Å². The van der Waals surface area contributed by atoms with E-state index < -0.39 is 0 Å². The third-order valence-corrected chi connectivity index (χ3v) is 5.33. The number of nitrogens with one attached hydrogen (secondary N) is 1. The van der Waals surface area contributed by atoms with E-state index in [-0.39, 0.29) is 18.4 Å². The number of methoxy groups -OCH3 is 1. The van der Waals surface area contributed by atoms with Crippen molar-refractivity contribution in [1.29, 1.82) is 0 Å². The summed E-state index contributed by atoms with van der Waals surface area (Å²) < 4.78 is 16.5. The first kappa shape index (κ1) is 22.2. The van der Waals surface area contributed by atoms with E-state index >= 15 is 0 Å². The Kier molecular flexibility index (Phi) is 6.78. The van der Waals surface area contributed by atoms with Crippen LogP contribution in [0.3, 0.4) is 0 Å². The summed E-state index contributed by atoms with van der Waals surface area (Å²) in [7, 11) is 1.58. The molecule has 0 aliphatic carbocycles. The minimum absolute atomic E-state index is 0.0105. The van der Waals surface area contributed by atoms with Crippen LogP contribution < -0.4 is 24.4 Å². The van der Waals surface area contributed by atoms with E-state index in [4.69, 9.17) is 14.2 Å². The van der Waals surface area contributed by atoms with Crippen molar-refractivity contribution < 1.29 is 23.8 Å². The zero-order valence-corrected chi connectivity index (χ0v) is 18.7. The molecule has 1 N–H and O–H groups in total. The summed E-state index contributed by atoms with van der Waals surface area (Å²) in [4.78, 5) is 26.8. The summed E-state index contributed by atoms with van der Waals surface area (Å²) in [6, 6.07) is 20.0. The lowest BCUT2D eigenvalue weighted by Crippen LogP contribution is -2.39. The molecule has 0 spiro atoms. The second-order valence-corrected chi connectivity index (χ2v) is 7.71. The van der Waals surface area contributed by atoms with Gasteiger partial charge >= 0.3 is 0 Å². The molecule has 0 atom stereocenters. The van der Waals surface area contributed by atoms with E-state index in [9.17, 15) is 9.59 Å². The molecule has 33 heavy (non-hydrogen) atoms. The molecule has 1 aliphatic heterocycles. The molecule has 0 saturated carbocycles. The van der Waals surface area contributed by atoms with Gasteiger partial charge in [-0.15, -0.1) is 0 Å². The van der Waals surface area contributed by atoms with E-state index in [0.717, 1.165) is 5.75 Å². The summed E-state index contributed by atoms with van der Waals surface area (Å²) >= 11 is 0. The van der Waals surface area contributed by atoms with Gasteiger partial charge in [0.15, 0.2) is 6.61 Å². The minimum Gasteiger partial charge on any atom is -0.497 e. The number of fused-ring (bicyclic) bond motifs is 1. The third-order valence-electron chi connectivity index (χ3n) is 5.33. The Morgan fingerprint density at radius 3 is 2.48 bits per heavy atom. The van der Waals surface area contributed by atoms with Crippen LogP contribution in [-0.2, 0) is 4.79 Å². The molecular weight excluding hydrogens is 420 g/mol. The second-order valence-electron chi connectivity index (χ2n) is 7.71. The predicted octanol–water partition coefficient (Wildman–Crippen LogP) is 4.45. The van der Waals surface area contributed by atoms with Crippen LogP contribution in [-0.4, -0.2) is 38.7 Å². The van der Waals surface area contributed by atoms with Gasteiger partial charge < -0.3 is 24.4 Å². The number of hydrogen-bond acceptors (Lipinski definition) is 5. The van der Waals surface area contributed by atoms with Crippen LogP contribution in [0.4, 0.5) is 11.4 Å². The molecule has 2 amide bonds. The van der Waals surface area contributed by atoms with E-state index in [1.54, 1.807) is 54.5 Å². The first-order chi connectivity index (χ1) is 16.0. The monoisotopic (exact) mass is 446 g/mol. The SMILES string of the molecule is COc1ccc(C(=O)Nc2ccc3c(c2)N(CCCOc2ccc(C)cc2)C(=O)CO3)cc1. The normalized spacial score (nSPS) is 12.5. The number of benzene rings is 3. The average molecular weight is 447 g/mol. The summed E-state index contributed by atoms with van der Waals surface area (Å²) in [5.41, 5.74) is 2.89. The highest BCUT2D eigenvalue weighted by Gasteiger charge is 2.25. The lowest BCUT2D eigenvalue weighted by molar-refractivity contribution is -0.121. The van der Waals surface area contributed by atoms with Crippen molar-refractivity contribution in [3.63, 3.8) is 0 Å². The minimum atomic E-state index is -0.251. The molecule has 0 aromatic heterocycles. The van der Waals surface area contributed by atoms with Crippen LogP contribution >= 0.6 is 0 Å². The molecule has 170 valence electrons. The highest BCUT2D eigenvalue weighted by Crippen LogP contribution is 2.35. The Balaban J connectivity index is 1.41. The summed E-state index contributed by atoms with van der Waals surface area (Å²) in [5, 5.41) is 2.88. The second kappa shape index (κ2) is 10.1. The summed E-state index contributed by atoms with van der Waals surface area (Å²) in [6.45, 7) is 2.98. The topological polar surface area (TPSA) is 77.1 Å². The van der Waals surface area contributed by atoms with Gasteiger partial charge in [0.1, 0.15) is 17.2 Å². The van der Waals surface area contributed by atoms with Crippen molar-refractivity contribution in [2.24, 2.45) is 0 Å². The van der Waals surface area contributed by atoms with Gasteiger partial charge in [-0.05, 0) is 67.9 Å². The number of carbonyl (C=O) groups excluding carboxylic acids is 2. The highest BCUT2D eigenvalue weighted by molar-refractivity contribution is 6.05. The fraction of sp³-hybridized carbons (Fsp3) is 0.231. The number of ether oxygens (including phenoxy) is 3. The smallest absolute Gasteiger partial charge is 0.265 e. The molecule has 0 unspecified atom stereocenters. The highest BCUT2D eigenvalue weighted by atomic mass is 16.5. The van der Waals surface area contributed by atoms with Crippen molar-refractivity contribution >= 4 is 23.2 Å². The van der Waals surface area contributed by atoms with E-state index in [1.165, 1.54) is 5.56 Å². The fourth-order valence-corrected chi connectivity index (χ4v) is 3.52. The maximum absolute atomic E-state index is 12.6. The zero-order chi connectivity index (χ0) is 23.2. The standard InChI is InChI=1S/C26H26N2O5/c1-18-4-9-22(10-5-18)32-15-3-14-28-23-16-20(8-13-24(23)33-17-25(28)29)27-26(30)19-6-11-21(31-2)12-7-19/h4-13,16H,3,14-15,17H2,1-2H3,(H,27,30). The Bertz CT molecular complexity index is 1130. The first-order valence-corrected chi connectivity index (χ1v) is 10.8. The van der Waals surface area contributed by atoms with Crippen LogP contribution in [0.15, 0.2) is 66.7 Å².